The summed E-state index contributed by atoms with van der Waals surface area (Å²) in [6.07, 6.45) is 2.04. The number of amides is 3. The lowest BCUT2D eigenvalue weighted by Crippen LogP contribution is -2.50. The van der Waals surface area contributed by atoms with Crippen molar-refractivity contribution in [2.45, 2.75) is 51.2 Å². The number of carbonyl (C=O) groups is 3. The van der Waals surface area contributed by atoms with Gasteiger partial charge in [-0.2, -0.15) is 0 Å². The molecule has 1 aliphatic rings. The van der Waals surface area contributed by atoms with Gasteiger partial charge in [-0.1, -0.05) is 32.0 Å². The van der Waals surface area contributed by atoms with Crippen LogP contribution in [-0.2, 0) is 9.59 Å². The van der Waals surface area contributed by atoms with Crippen LogP contribution in [0.15, 0.2) is 30.3 Å². The molecule has 0 saturated carbocycles. The monoisotopic (exact) mass is 360 g/mol. The van der Waals surface area contributed by atoms with E-state index in [1.807, 2.05) is 19.9 Å². The van der Waals surface area contributed by atoms with Crippen LogP contribution in [0.5, 0.6) is 0 Å². The van der Waals surface area contributed by atoms with Crippen molar-refractivity contribution in [3.8, 4) is 0 Å². The second kappa shape index (κ2) is 9.33. The van der Waals surface area contributed by atoms with Gasteiger partial charge in [0, 0.05) is 24.2 Å². The van der Waals surface area contributed by atoms with Crippen LogP contribution in [0.1, 0.15) is 43.5 Å². The van der Waals surface area contributed by atoms with Crippen molar-refractivity contribution >= 4 is 17.7 Å². The van der Waals surface area contributed by atoms with E-state index >= 15 is 0 Å². The lowest BCUT2D eigenvalue weighted by atomic mass is 10.1. The fourth-order valence-corrected chi connectivity index (χ4v) is 3.23. The first-order valence-corrected chi connectivity index (χ1v) is 9.15. The fraction of sp³-hybridized carbons (Fsp3) is 0.526. The highest BCUT2D eigenvalue weighted by Gasteiger charge is 2.40. The summed E-state index contributed by atoms with van der Waals surface area (Å²) in [6, 6.07) is 8.07. The number of nitrogens with two attached hydrogens (primary N) is 1. The average molecular weight is 360 g/mol. The van der Waals surface area contributed by atoms with Crippen molar-refractivity contribution in [3.05, 3.63) is 35.9 Å². The van der Waals surface area contributed by atoms with Crippen LogP contribution in [0.25, 0.3) is 0 Å². The van der Waals surface area contributed by atoms with Gasteiger partial charge in [0.25, 0.3) is 5.91 Å². The molecule has 7 heteroatoms. The van der Waals surface area contributed by atoms with Gasteiger partial charge in [-0.05, 0) is 31.4 Å². The topological polar surface area (TPSA) is 105 Å². The summed E-state index contributed by atoms with van der Waals surface area (Å²) in [5.74, 6) is -0.681. The Bertz CT molecular complexity index is 631. The third kappa shape index (κ3) is 4.82. The summed E-state index contributed by atoms with van der Waals surface area (Å²) >= 11 is 0. The zero-order valence-electron chi connectivity index (χ0n) is 15.4. The van der Waals surface area contributed by atoms with Gasteiger partial charge in [0.15, 0.2) is 0 Å². The lowest BCUT2D eigenvalue weighted by Gasteiger charge is -2.25. The first-order chi connectivity index (χ1) is 12.5. The average Bonchev–Trinajstić information content (AvgIpc) is 3.09. The number of likely N-dealkylation sites (tertiary alicyclic amines) is 1. The van der Waals surface area contributed by atoms with E-state index in [2.05, 4.69) is 10.6 Å². The molecule has 142 valence electrons. The van der Waals surface area contributed by atoms with Crippen LogP contribution in [0.4, 0.5) is 0 Å². The number of hydrogen-bond acceptors (Lipinski definition) is 4. The van der Waals surface area contributed by atoms with Gasteiger partial charge >= 0.3 is 0 Å². The van der Waals surface area contributed by atoms with Gasteiger partial charge in [0.2, 0.25) is 11.8 Å². The van der Waals surface area contributed by atoms with Crippen molar-refractivity contribution in [1.82, 2.24) is 15.5 Å². The minimum Gasteiger partial charge on any atom is -0.352 e. The van der Waals surface area contributed by atoms with Crippen LogP contribution in [0, 0.1) is 0 Å². The molecule has 0 aromatic heterocycles. The molecule has 0 bridgehead atoms. The van der Waals surface area contributed by atoms with E-state index in [4.69, 9.17) is 5.73 Å². The van der Waals surface area contributed by atoms with Crippen LogP contribution in [-0.4, -0.2) is 53.8 Å². The molecule has 2 rings (SSSR count). The summed E-state index contributed by atoms with van der Waals surface area (Å²) in [5, 5.41) is 5.90. The molecule has 2 atom stereocenters. The fourth-order valence-electron chi connectivity index (χ4n) is 3.23. The van der Waals surface area contributed by atoms with Crippen molar-refractivity contribution in [3.63, 3.8) is 0 Å². The number of carbonyl (C=O) groups excluding carboxylic acids is 3. The number of hydrogen-bond donors (Lipinski definition) is 3. The smallest absolute Gasteiger partial charge is 0.251 e. The van der Waals surface area contributed by atoms with Crippen molar-refractivity contribution < 1.29 is 14.4 Å². The highest BCUT2D eigenvalue weighted by Crippen LogP contribution is 2.19. The maximum absolute atomic E-state index is 12.6. The molecule has 3 amide bonds. The van der Waals surface area contributed by atoms with Gasteiger partial charge < -0.3 is 21.3 Å². The highest BCUT2D eigenvalue weighted by molar-refractivity contribution is 5.95. The molecule has 0 aliphatic carbocycles. The molecule has 0 spiro atoms. The Kier molecular flexibility index (Phi) is 7.15. The molecule has 7 nitrogen and oxygen atoms in total. The summed E-state index contributed by atoms with van der Waals surface area (Å²) in [7, 11) is 0. The number of rotatable bonds is 7. The van der Waals surface area contributed by atoms with Crippen LogP contribution in [0.2, 0.25) is 0 Å². The Morgan fingerprint density at radius 3 is 2.42 bits per heavy atom. The predicted octanol–water partition coefficient (Wildman–Crippen LogP) is 0.649. The molecule has 1 saturated heterocycles. The first kappa shape index (κ1) is 19.9. The molecule has 1 aliphatic heterocycles. The first-order valence-electron chi connectivity index (χ1n) is 9.15. The summed E-state index contributed by atoms with van der Waals surface area (Å²) in [6.45, 7) is 4.15. The van der Waals surface area contributed by atoms with Crippen molar-refractivity contribution in [1.29, 1.82) is 0 Å². The standard InChI is InChI=1S/C19H28N4O3/c1-3-14(4-2)21-19(26)16-10-15(12-23(16)17(24)11-20)22-18(25)13-8-6-5-7-9-13/h5-9,14-16H,3-4,10-12,20H2,1-2H3,(H,21,26)(H,22,25). The molecule has 4 N–H and O–H groups in total. The maximum Gasteiger partial charge on any atom is 0.251 e. The summed E-state index contributed by atoms with van der Waals surface area (Å²) < 4.78 is 0. The Labute approximate surface area is 154 Å². The van der Waals surface area contributed by atoms with Gasteiger partial charge in [0.05, 0.1) is 6.54 Å². The number of nitrogens with zero attached hydrogens (tertiary/aromatic N) is 1. The third-order valence-electron chi connectivity index (χ3n) is 4.80. The van der Waals surface area contributed by atoms with E-state index in [1.165, 1.54) is 4.90 Å². The second-order valence-corrected chi connectivity index (χ2v) is 6.56. The lowest BCUT2D eigenvalue weighted by molar-refractivity contribution is -0.137. The molecular weight excluding hydrogens is 332 g/mol. The molecular formula is C19H28N4O3. The third-order valence-corrected chi connectivity index (χ3v) is 4.80. The van der Waals surface area contributed by atoms with Crippen molar-refractivity contribution in [2.24, 2.45) is 5.73 Å². The van der Waals surface area contributed by atoms with E-state index in [0.717, 1.165) is 12.8 Å². The molecule has 1 fully saturated rings. The Morgan fingerprint density at radius 2 is 1.85 bits per heavy atom. The number of nitrogens with one attached hydrogen (secondary N) is 2. The summed E-state index contributed by atoms with van der Waals surface area (Å²) in [5.41, 5.74) is 6.05. The molecule has 2 unspecified atom stereocenters. The van der Waals surface area contributed by atoms with Crippen LogP contribution < -0.4 is 16.4 Å². The van der Waals surface area contributed by atoms with E-state index in [0.29, 0.717) is 12.0 Å². The Morgan fingerprint density at radius 1 is 1.19 bits per heavy atom. The van der Waals surface area contributed by atoms with E-state index < -0.39 is 6.04 Å². The zero-order chi connectivity index (χ0) is 19.1. The molecule has 1 heterocycles. The van der Waals surface area contributed by atoms with Crippen LogP contribution >= 0.6 is 0 Å². The van der Waals surface area contributed by atoms with Gasteiger partial charge in [-0.3, -0.25) is 14.4 Å². The molecule has 1 aromatic carbocycles. The SMILES string of the molecule is CCC(CC)NC(=O)C1CC(NC(=O)c2ccccc2)CN1C(=O)CN. The molecule has 0 radical (unpaired) electrons. The van der Waals surface area contributed by atoms with E-state index in [-0.39, 0.29) is 42.9 Å². The van der Waals surface area contributed by atoms with Gasteiger partial charge in [-0.15, -0.1) is 0 Å². The highest BCUT2D eigenvalue weighted by atomic mass is 16.2. The largest absolute Gasteiger partial charge is 0.352 e. The summed E-state index contributed by atoms with van der Waals surface area (Å²) in [4.78, 5) is 38.6. The van der Waals surface area contributed by atoms with E-state index in [1.54, 1.807) is 24.3 Å². The normalized spacial score (nSPS) is 19.5. The maximum atomic E-state index is 12.6. The quantitative estimate of drug-likeness (QED) is 0.664. The Hall–Kier alpha value is -2.41. The van der Waals surface area contributed by atoms with Gasteiger partial charge in [-0.25, -0.2) is 0 Å². The second-order valence-electron chi connectivity index (χ2n) is 6.56. The molecule has 26 heavy (non-hydrogen) atoms. The van der Waals surface area contributed by atoms with Crippen molar-refractivity contribution in [2.75, 3.05) is 13.1 Å². The minimum atomic E-state index is -0.604. The van der Waals surface area contributed by atoms with Crippen LogP contribution in [0.3, 0.4) is 0 Å². The minimum absolute atomic E-state index is 0.0790. The number of benzene rings is 1. The van der Waals surface area contributed by atoms with Gasteiger partial charge in [0.1, 0.15) is 6.04 Å². The predicted molar refractivity (Wildman–Crippen MR) is 99.4 cm³/mol. The van der Waals surface area contributed by atoms with E-state index in [9.17, 15) is 14.4 Å². The Balaban J connectivity index is 2.06. The zero-order valence-corrected chi connectivity index (χ0v) is 15.4. The molecule has 1 aromatic rings.